The minimum atomic E-state index is -1.05. The lowest BCUT2D eigenvalue weighted by Crippen LogP contribution is -2.38. The molecule has 1 unspecified atom stereocenters. The first-order valence-corrected chi connectivity index (χ1v) is 7.25. The van der Waals surface area contributed by atoms with E-state index < -0.39 is 10.8 Å². The molecule has 1 atom stereocenters. The Morgan fingerprint density at radius 1 is 1.41 bits per heavy atom. The van der Waals surface area contributed by atoms with E-state index in [1.54, 1.807) is 12.1 Å². The Morgan fingerprint density at radius 2 is 2.18 bits per heavy atom. The summed E-state index contributed by atoms with van der Waals surface area (Å²) in [5, 5.41) is 1.17. The second-order valence-electron chi connectivity index (χ2n) is 3.82. The molecular weight excluding hydrogens is 260 g/mol. The first kappa shape index (κ1) is 13.0. The maximum absolute atomic E-state index is 11.9. The van der Waals surface area contributed by atoms with Gasteiger partial charge >= 0.3 is 0 Å². The molecule has 1 aromatic heterocycles. The van der Waals surface area contributed by atoms with Crippen molar-refractivity contribution >= 4 is 22.4 Å². The zero-order valence-electron chi connectivity index (χ0n) is 9.47. The molecule has 0 N–H and O–H groups in total. The van der Waals surface area contributed by atoms with Gasteiger partial charge in [-0.1, -0.05) is 11.6 Å². The Kier molecular flexibility index (Phi) is 4.91. The van der Waals surface area contributed by atoms with Gasteiger partial charge in [0.25, 0.3) is 0 Å². The van der Waals surface area contributed by atoms with E-state index in [2.05, 4.69) is 9.88 Å². The third-order valence-electron chi connectivity index (χ3n) is 2.63. The van der Waals surface area contributed by atoms with E-state index in [1.165, 1.54) is 6.20 Å². The van der Waals surface area contributed by atoms with Gasteiger partial charge in [-0.05, 0) is 12.1 Å². The quantitative estimate of drug-likeness (QED) is 0.827. The molecule has 0 bridgehead atoms. The molecule has 0 radical (unpaired) electrons. The maximum atomic E-state index is 11.9. The first-order chi connectivity index (χ1) is 8.25. The second kappa shape index (κ2) is 6.44. The molecule has 0 amide bonds. The molecule has 0 aromatic carbocycles. The van der Waals surface area contributed by atoms with E-state index in [-0.39, 0.29) is 0 Å². The van der Waals surface area contributed by atoms with E-state index in [0.29, 0.717) is 15.8 Å². The predicted octanol–water partition coefficient (Wildman–Crippen LogP) is 1.17. The summed E-state index contributed by atoms with van der Waals surface area (Å²) in [5.74, 6) is 0.606. The maximum Gasteiger partial charge on any atom is 0.127 e. The lowest BCUT2D eigenvalue weighted by Gasteiger charge is -2.26. The minimum Gasteiger partial charge on any atom is -0.379 e. The summed E-state index contributed by atoms with van der Waals surface area (Å²) in [4.78, 5) is 6.33. The molecule has 0 spiro atoms. The molecule has 1 aliphatic rings. The third-order valence-corrected chi connectivity index (χ3v) is 4.12. The van der Waals surface area contributed by atoms with Gasteiger partial charge in [0.15, 0.2) is 0 Å². The highest BCUT2D eigenvalue weighted by Gasteiger charge is 2.12. The summed E-state index contributed by atoms with van der Waals surface area (Å²) >= 11 is 5.73. The standard InChI is InChI=1S/C11H15ClN2O2S/c12-10-1-2-11(13-9-10)17(15)8-5-14-3-6-16-7-4-14/h1-2,9H,3-8H2. The topological polar surface area (TPSA) is 42.4 Å². The van der Waals surface area contributed by atoms with Crippen LogP contribution >= 0.6 is 11.6 Å². The largest absolute Gasteiger partial charge is 0.379 e. The highest BCUT2D eigenvalue weighted by molar-refractivity contribution is 7.85. The molecule has 1 aliphatic heterocycles. The SMILES string of the molecule is O=S(CCN1CCOCC1)c1ccc(Cl)cn1. The summed E-state index contributed by atoms with van der Waals surface area (Å²) in [5.41, 5.74) is 0. The van der Waals surface area contributed by atoms with Gasteiger partial charge < -0.3 is 4.74 Å². The van der Waals surface area contributed by atoms with Crippen molar-refractivity contribution in [3.8, 4) is 0 Å². The van der Waals surface area contributed by atoms with Gasteiger partial charge in [-0.3, -0.25) is 9.11 Å². The number of hydrogen-bond acceptors (Lipinski definition) is 4. The molecule has 1 aromatic rings. The van der Waals surface area contributed by atoms with Crippen LogP contribution in [0.5, 0.6) is 0 Å². The average Bonchev–Trinajstić information content (AvgIpc) is 2.38. The summed E-state index contributed by atoms with van der Waals surface area (Å²) in [6.07, 6.45) is 1.53. The van der Waals surface area contributed by atoms with Crippen LogP contribution < -0.4 is 0 Å². The van der Waals surface area contributed by atoms with Crippen molar-refractivity contribution < 1.29 is 8.95 Å². The number of morpholine rings is 1. The molecular formula is C11H15ClN2O2S. The Hall–Kier alpha value is -0.490. The van der Waals surface area contributed by atoms with Gasteiger partial charge in [-0.2, -0.15) is 0 Å². The molecule has 1 fully saturated rings. The van der Waals surface area contributed by atoms with Crippen molar-refractivity contribution in [3.05, 3.63) is 23.4 Å². The van der Waals surface area contributed by atoms with Gasteiger partial charge in [-0.15, -0.1) is 0 Å². The summed E-state index contributed by atoms with van der Waals surface area (Å²) in [7, 11) is -1.05. The zero-order chi connectivity index (χ0) is 12.1. The van der Waals surface area contributed by atoms with Crippen LogP contribution in [0, 0.1) is 0 Å². The Labute approximate surface area is 108 Å². The average molecular weight is 275 g/mol. The fourth-order valence-electron chi connectivity index (χ4n) is 1.64. The molecule has 2 rings (SSSR count). The van der Waals surface area contributed by atoms with E-state index in [9.17, 15) is 4.21 Å². The number of hydrogen-bond donors (Lipinski definition) is 0. The highest BCUT2D eigenvalue weighted by atomic mass is 35.5. The molecule has 1 saturated heterocycles. The lowest BCUT2D eigenvalue weighted by molar-refractivity contribution is 0.0409. The summed E-state index contributed by atoms with van der Waals surface area (Å²) in [6, 6.07) is 3.44. The lowest BCUT2D eigenvalue weighted by atomic mass is 10.4. The van der Waals surface area contributed by atoms with Gasteiger partial charge in [0.05, 0.1) is 29.0 Å². The van der Waals surface area contributed by atoms with Gasteiger partial charge in [0.2, 0.25) is 0 Å². The fourth-order valence-corrected chi connectivity index (χ4v) is 2.77. The molecule has 94 valence electrons. The predicted molar refractivity (Wildman–Crippen MR) is 67.8 cm³/mol. The molecule has 17 heavy (non-hydrogen) atoms. The Balaban J connectivity index is 1.82. The van der Waals surface area contributed by atoms with Gasteiger partial charge in [0, 0.05) is 31.6 Å². The number of halogens is 1. The molecule has 0 saturated carbocycles. The fraction of sp³-hybridized carbons (Fsp3) is 0.545. The van der Waals surface area contributed by atoms with Crippen molar-refractivity contribution in [1.82, 2.24) is 9.88 Å². The van der Waals surface area contributed by atoms with E-state index in [0.717, 1.165) is 32.8 Å². The van der Waals surface area contributed by atoms with Gasteiger partial charge in [-0.25, -0.2) is 4.98 Å². The number of ether oxygens (including phenoxy) is 1. The molecule has 2 heterocycles. The first-order valence-electron chi connectivity index (χ1n) is 5.56. The molecule has 4 nitrogen and oxygen atoms in total. The van der Waals surface area contributed by atoms with Crippen molar-refractivity contribution in [2.75, 3.05) is 38.6 Å². The van der Waals surface area contributed by atoms with Crippen molar-refractivity contribution in [1.29, 1.82) is 0 Å². The van der Waals surface area contributed by atoms with Crippen molar-refractivity contribution in [2.24, 2.45) is 0 Å². The van der Waals surface area contributed by atoms with Crippen molar-refractivity contribution in [2.45, 2.75) is 5.03 Å². The number of rotatable bonds is 4. The van der Waals surface area contributed by atoms with E-state index >= 15 is 0 Å². The smallest absolute Gasteiger partial charge is 0.127 e. The minimum absolute atomic E-state index is 0.568. The molecule has 0 aliphatic carbocycles. The number of nitrogens with zero attached hydrogens (tertiary/aromatic N) is 2. The second-order valence-corrected chi connectivity index (χ2v) is 5.77. The summed E-state index contributed by atoms with van der Waals surface area (Å²) in [6.45, 7) is 4.20. The van der Waals surface area contributed by atoms with Crippen LogP contribution in [0.1, 0.15) is 0 Å². The zero-order valence-corrected chi connectivity index (χ0v) is 11.0. The Bertz CT molecular complexity index is 380. The summed E-state index contributed by atoms with van der Waals surface area (Å²) < 4.78 is 17.2. The molecule has 6 heteroatoms. The highest BCUT2D eigenvalue weighted by Crippen LogP contribution is 2.09. The van der Waals surface area contributed by atoms with Crippen LogP contribution in [-0.4, -0.2) is 52.7 Å². The van der Waals surface area contributed by atoms with Crippen LogP contribution in [0.3, 0.4) is 0 Å². The van der Waals surface area contributed by atoms with Crippen LogP contribution in [0.25, 0.3) is 0 Å². The number of aromatic nitrogens is 1. The normalized spacial score (nSPS) is 19.1. The monoisotopic (exact) mass is 274 g/mol. The van der Waals surface area contributed by atoms with Crippen molar-refractivity contribution in [3.63, 3.8) is 0 Å². The van der Waals surface area contributed by atoms with Crippen LogP contribution in [-0.2, 0) is 15.5 Å². The van der Waals surface area contributed by atoms with Gasteiger partial charge in [0.1, 0.15) is 5.03 Å². The van der Waals surface area contributed by atoms with E-state index in [1.807, 2.05) is 0 Å². The van der Waals surface area contributed by atoms with E-state index in [4.69, 9.17) is 16.3 Å². The van der Waals surface area contributed by atoms with Crippen LogP contribution in [0.4, 0.5) is 0 Å². The van der Waals surface area contributed by atoms with Crippen LogP contribution in [0.15, 0.2) is 23.4 Å². The number of pyridine rings is 1. The third kappa shape index (κ3) is 4.03. The Morgan fingerprint density at radius 3 is 2.82 bits per heavy atom. The van der Waals surface area contributed by atoms with Crippen LogP contribution in [0.2, 0.25) is 5.02 Å².